The molecule has 1 amide bonds. The molecule has 20 heavy (non-hydrogen) atoms. The molecule has 112 valence electrons. The minimum Gasteiger partial charge on any atom is -0.353 e. The average molecular weight is 283 g/mol. The topological polar surface area (TPSA) is 29.1 Å². The molecule has 1 N–H and O–H groups in total. The smallest absolute Gasteiger partial charge is 0.223 e. The van der Waals surface area contributed by atoms with Crippen molar-refractivity contribution in [3.63, 3.8) is 0 Å². The minimum absolute atomic E-state index is 0.0642. The van der Waals surface area contributed by atoms with Crippen molar-refractivity contribution in [2.24, 2.45) is 5.92 Å². The van der Waals surface area contributed by atoms with Gasteiger partial charge < -0.3 is 5.32 Å². The minimum atomic E-state index is 0.0642. The van der Waals surface area contributed by atoms with Gasteiger partial charge in [0.05, 0.1) is 0 Å². The SMILES string of the molecule is CC(Cc1ccccc1)C(=O)NC1CCCCC1.FF. The van der Waals surface area contributed by atoms with Crippen LogP contribution < -0.4 is 5.32 Å². The van der Waals surface area contributed by atoms with Crippen LogP contribution in [0.5, 0.6) is 0 Å². The second kappa shape index (κ2) is 9.45. The highest BCUT2D eigenvalue weighted by molar-refractivity contribution is 5.78. The van der Waals surface area contributed by atoms with Crippen molar-refractivity contribution >= 4 is 5.91 Å². The van der Waals surface area contributed by atoms with Crippen molar-refractivity contribution in [1.82, 2.24) is 5.32 Å². The fraction of sp³-hybridized carbons (Fsp3) is 0.562. The molecule has 0 saturated heterocycles. The van der Waals surface area contributed by atoms with Gasteiger partial charge in [-0.15, -0.1) is 0 Å². The summed E-state index contributed by atoms with van der Waals surface area (Å²) in [5.41, 5.74) is 1.24. The van der Waals surface area contributed by atoms with Crippen LogP contribution >= 0.6 is 0 Å². The van der Waals surface area contributed by atoms with Crippen molar-refractivity contribution in [1.29, 1.82) is 0 Å². The first-order valence-electron chi connectivity index (χ1n) is 7.24. The van der Waals surface area contributed by atoms with Crippen LogP contribution in [0.1, 0.15) is 44.6 Å². The number of hydrogen-bond donors (Lipinski definition) is 1. The molecule has 2 nitrogen and oxygen atoms in total. The van der Waals surface area contributed by atoms with Gasteiger partial charge in [-0.3, -0.25) is 4.79 Å². The highest BCUT2D eigenvalue weighted by atomic mass is 20.0. The van der Waals surface area contributed by atoms with E-state index in [9.17, 15) is 4.79 Å². The van der Waals surface area contributed by atoms with Gasteiger partial charge in [0.2, 0.25) is 5.91 Å². The van der Waals surface area contributed by atoms with Crippen LogP contribution in [0.3, 0.4) is 0 Å². The number of halogens is 2. The first-order chi connectivity index (χ1) is 9.75. The lowest BCUT2D eigenvalue weighted by atomic mass is 9.94. The van der Waals surface area contributed by atoms with Gasteiger partial charge in [-0.2, -0.15) is 0 Å². The molecular formula is C16H23F2NO. The summed E-state index contributed by atoms with van der Waals surface area (Å²) in [6.45, 7) is 2.02. The maximum absolute atomic E-state index is 12.1. The monoisotopic (exact) mass is 283 g/mol. The van der Waals surface area contributed by atoms with Crippen LogP contribution in [0.25, 0.3) is 0 Å². The van der Waals surface area contributed by atoms with E-state index >= 15 is 0 Å². The van der Waals surface area contributed by atoms with Crippen LogP contribution in [0.15, 0.2) is 30.3 Å². The zero-order valence-corrected chi connectivity index (χ0v) is 11.9. The van der Waals surface area contributed by atoms with Crippen LogP contribution in [-0.4, -0.2) is 11.9 Å². The highest BCUT2D eigenvalue weighted by Crippen LogP contribution is 2.18. The summed E-state index contributed by atoms with van der Waals surface area (Å²) in [5, 5.41) is 3.20. The van der Waals surface area contributed by atoms with Crippen molar-refractivity contribution < 1.29 is 13.9 Å². The molecule has 1 aromatic carbocycles. The maximum Gasteiger partial charge on any atom is 0.223 e. The molecule has 1 aliphatic carbocycles. The third-order valence-electron chi connectivity index (χ3n) is 3.78. The molecule has 0 aromatic heterocycles. The molecule has 0 bridgehead atoms. The molecule has 2 rings (SSSR count). The predicted molar refractivity (Wildman–Crippen MR) is 76.5 cm³/mol. The third kappa shape index (κ3) is 5.68. The molecule has 1 saturated carbocycles. The third-order valence-corrected chi connectivity index (χ3v) is 3.78. The molecule has 1 aromatic rings. The molecule has 0 radical (unpaired) electrons. The van der Waals surface area contributed by atoms with Gasteiger partial charge >= 0.3 is 0 Å². The molecule has 1 unspecified atom stereocenters. The molecule has 1 fully saturated rings. The van der Waals surface area contributed by atoms with Gasteiger partial charge in [0.25, 0.3) is 0 Å². The quantitative estimate of drug-likeness (QED) is 0.883. The van der Waals surface area contributed by atoms with Crippen LogP contribution in [-0.2, 0) is 11.2 Å². The van der Waals surface area contributed by atoms with Crippen molar-refractivity contribution in [3.8, 4) is 0 Å². The van der Waals surface area contributed by atoms with E-state index in [1.165, 1.54) is 24.8 Å². The van der Waals surface area contributed by atoms with E-state index in [4.69, 9.17) is 9.15 Å². The van der Waals surface area contributed by atoms with E-state index in [0.29, 0.717) is 6.04 Å². The van der Waals surface area contributed by atoms with E-state index in [1.807, 2.05) is 25.1 Å². The van der Waals surface area contributed by atoms with E-state index in [-0.39, 0.29) is 11.8 Å². The van der Waals surface area contributed by atoms with Gasteiger partial charge in [-0.05, 0) is 24.8 Å². The zero-order valence-electron chi connectivity index (χ0n) is 11.9. The van der Waals surface area contributed by atoms with E-state index in [0.717, 1.165) is 19.3 Å². The predicted octanol–water partition coefficient (Wildman–Crippen LogP) is 4.15. The summed E-state index contributed by atoms with van der Waals surface area (Å²) in [6.07, 6.45) is 6.99. The van der Waals surface area contributed by atoms with Crippen LogP contribution in [0, 0.1) is 5.92 Å². The second-order valence-electron chi connectivity index (χ2n) is 5.43. The summed E-state index contributed by atoms with van der Waals surface area (Å²) < 4.78 is 16.0. The Morgan fingerprint density at radius 1 is 1.20 bits per heavy atom. The normalized spacial score (nSPS) is 16.8. The molecule has 1 aliphatic rings. The molecular weight excluding hydrogens is 260 g/mol. The molecule has 4 heteroatoms. The summed E-state index contributed by atoms with van der Waals surface area (Å²) in [7, 11) is 0. The number of carbonyl (C=O) groups excluding carboxylic acids is 1. The lowest BCUT2D eigenvalue weighted by Gasteiger charge is -2.24. The number of benzene rings is 1. The number of carbonyl (C=O) groups is 1. The molecule has 0 heterocycles. The first-order valence-corrected chi connectivity index (χ1v) is 7.24. The second-order valence-corrected chi connectivity index (χ2v) is 5.43. The molecule has 1 atom stereocenters. The summed E-state index contributed by atoms with van der Waals surface area (Å²) in [5.74, 6) is 0.278. The highest BCUT2D eigenvalue weighted by Gasteiger charge is 2.19. The Morgan fingerprint density at radius 2 is 1.80 bits per heavy atom. The fourth-order valence-corrected chi connectivity index (χ4v) is 2.65. The number of amides is 1. The Morgan fingerprint density at radius 3 is 2.40 bits per heavy atom. The lowest BCUT2D eigenvalue weighted by Crippen LogP contribution is -2.39. The van der Waals surface area contributed by atoms with Crippen molar-refractivity contribution in [3.05, 3.63) is 35.9 Å². The first kappa shape index (κ1) is 16.6. The maximum atomic E-state index is 12.1. The Bertz CT molecular complexity index is 377. The van der Waals surface area contributed by atoms with E-state index in [2.05, 4.69) is 17.4 Å². The molecule has 0 spiro atoms. The Hall–Kier alpha value is -1.45. The summed E-state index contributed by atoms with van der Waals surface area (Å²) in [4.78, 5) is 12.1. The zero-order chi connectivity index (χ0) is 14.8. The van der Waals surface area contributed by atoms with E-state index in [1.54, 1.807) is 0 Å². The number of hydrogen-bond acceptors (Lipinski definition) is 1. The average Bonchev–Trinajstić information content (AvgIpc) is 2.51. The Kier molecular flexibility index (Phi) is 7.85. The molecule has 0 aliphatic heterocycles. The Labute approximate surface area is 119 Å². The fourth-order valence-electron chi connectivity index (χ4n) is 2.65. The van der Waals surface area contributed by atoms with Gasteiger partial charge in [0.15, 0.2) is 0 Å². The van der Waals surface area contributed by atoms with Gasteiger partial charge in [-0.25, -0.2) is 0 Å². The Balaban J connectivity index is 0.000000956. The van der Waals surface area contributed by atoms with Crippen molar-refractivity contribution in [2.45, 2.75) is 51.5 Å². The largest absolute Gasteiger partial charge is 0.353 e. The van der Waals surface area contributed by atoms with Crippen molar-refractivity contribution in [2.75, 3.05) is 0 Å². The van der Waals surface area contributed by atoms with Gasteiger partial charge in [0, 0.05) is 21.1 Å². The van der Waals surface area contributed by atoms with Crippen LogP contribution in [0.2, 0.25) is 0 Å². The number of rotatable bonds is 4. The van der Waals surface area contributed by atoms with E-state index < -0.39 is 0 Å². The number of nitrogens with one attached hydrogen (secondary N) is 1. The summed E-state index contributed by atoms with van der Waals surface area (Å²) >= 11 is 0. The lowest BCUT2D eigenvalue weighted by molar-refractivity contribution is -0.125. The standard InChI is InChI=1S/C16H23NO.F2/c1-13(12-14-8-4-2-5-9-14)16(18)17-15-10-6-3-7-11-15;1-2/h2,4-5,8-9,13,15H,3,6-7,10-12H2,1H3,(H,17,18);. The van der Waals surface area contributed by atoms with Crippen LogP contribution in [0.4, 0.5) is 9.15 Å². The van der Waals surface area contributed by atoms with Gasteiger partial charge in [0.1, 0.15) is 0 Å². The van der Waals surface area contributed by atoms with Gasteiger partial charge in [-0.1, -0.05) is 56.5 Å². The summed E-state index contributed by atoms with van der Waals surface area (Å²) in [6, 6.07) is 10.7.